The first-order valence-electron chi connectivity index (χ1n) is 7.63. The first-order chi connectivity index (χ1) is 9.59. The van der Waals surface area contributed by atoms with Gasteiger partial charge in [-0.05, 0) is 38.5 Å². The number of likely N-dealkylation sites (N-methyl/N-ethyl adjacent to an activating group) is 1. The Morgan fingerprint density at radius 2 is 2.00 bits per heavy atom. The van der Waals surface area contributed by atoms with Gasteiger partial charge in [-0.2, -0.15) is 5.10 Å². The van der Waals surface area contributed by atoms with Gasteiger partial charge < -0.3 is 10.0 Å². The molecule has 1 aromatic rings. The maximum atomic E-state index is 12.5. The molecule has 1 amide bonds. The van der Waals surface area contributed by atoms with Gasteiger partial charge in [-0.3, -0.25) is 9.89 Å². The quantitative estimate of drug-likeness (QED) is 0.883. The Morgan fingerprint density at radius 1 is 1.30 bits per heavy atom. The third kappa shape index (κ3) is 2.46. The third-order valence-electron chi connectivity index (χ3n) is 4.67. The van der Waals surface area contributed by atoms with Crippen LogP contribution in [-0.2, 0) is 12.8 Å². The van der Waals surface area contributed by atoms with E-state index in [2.05, 4.69) is 10.2 Å². The summed E-state index contributed by atoms with van der Waals surface area (Å²) in [6.45, 7) is 0.410. The second-order valence-electron chi connectivity index (χ2n) is 6.33. The zero-order valence-electron chi connectivity index (χ0n) is 12.1. The highest BCUT2D eigenvalue weighted by molar-refractivity contribution is 5.94. The van der Waals surface area contributed by atoms with E-state index in [4.69, 9.17) is 0 Å². The van der Waals surface area contributed by atoms with Gasteiger partial charge in [-0.1, -0.05) is 12.8 Å². The molecule has 1 fully saturated rings. The van der Waals surface area contributed by atoms with E-state index in [1.165, 1.54) is 6.42 Å². The number of nitrogens with one attached hydrogen (secondary N) is 1. The molecule has 1 aromatic heterocycles. The number of aromatic amines is 1. The second-order valence-corrected chi connectivity index (χ2v) is 6.33. The van der Waals surface area contributed by atoms with Crippen molar-refractivity contribution < 1.29 is 9.90 Å². The lowest BCUT2D eigenvalue weighted by Crippen LogP contribution is -2.42. The standard InChI is InChI=1S/C15H23N3O2/c1-18(10-15(20)8-4-5-9-15)14(19)13-11-6-2-3-7-12(11)16-17-13/h20H,2-10H2,1H3,(H,16,17). The van der Waals surface area contributed by atoms with Crippen LogP contribution in [-0.4, -0.2) is 45.3 Å². The fourth-order valence-corrected chi connectivity index (χ4v) is 3.54. The molecular formula is C15H23N3O2. The Balaban J connectivity index is 1.73. The van der Waals surface area contributed by atoms with Crippen molar-refractivity contribution in [3.8, 4) is 0 Å². The van der Waals surface area contributed by atoms with Gasteiger partial charge in [0.1, 0.15) is 0 Å². The predicted octanol–water partition coefficient (Wildman–Crippen LogP) is 1.67. The predicted molar refractivity (Wildman–Crippen MR) is 75.6 cm³/mol. The average Bonchev–Trinajstić information content (AvgIpc) is 3.04. The van der Waals surface area contributed by atoms with Gasteiger partial charge in [-0.25, -0.2) is 0 Å². The molecule has 0 atom stereocenters. The number of hydrogen-bond acceptors (Lipinski definition) is 3. The molecule has 1 heterocycles. The summed E-state index contributed by atoms with van der Waals surface area (Å²) in [4.78, 5) is 14.2. The van der Waals surface area contributed by atoms with Crippen molar-refractivity contribution in [1.82, 2.24) is 15.1 Å². The third-order valence-corrected chi connectivity index (χ3v) is 4.67. The van der Waals surface area contributed by atoms with Crippen molar-refractivity contribution in [3.05, 3.63) is 17.0 Å². The zero-order chi connectivity index (χ0) is 14.2. The van der Waals surface area contributed by atoms with Crippen LogP contribution in [0.15, 0.2) is 0 Å². The second kappa shape index (κ2) is 5.20. The highest BCUT2D eigenvalue weighted by atomic mass is 16.3. The van der Waals surface area contributed by atoms with E-state index in [9.17, 15) is 9.90 Å². The Labute approximate surface area is 119 Å². The summed E-state index contributed by atoms with van der Waals surface area (Å²) in [7, 11) is 1.77. The van der Waals surface area contributed by atoms with Crippen LogP contribution in [0.25, 0.3) is 0 Å². The maximum absolute atomic E-state index is 12.5. The molecule has 1 saturated carbocycles. The van der Waals surface area contributed by atoms with E-state index in [-0.39, 0.29) is 5.91 Å². The van der Waals surface area contributed by atoms with Crippen LogP contribution in [0.5, 0.6) is 0 Å². The van der Waals surface area contributed by atoms with Crippen LogP contribution in [0.1, 0.15) is 60.3 Å². The molecule has 0 spiro atoms. The van der Waals surface area contributed by atoms with E-state index in [0.717, 1.165) is 56.2 Å². The van der Waals surface area contributed by atoms with E-state index >= 15 is 0 Å². The molecular weight excluding hydrogens is 254 g/mol. The normalized spacial score (nSPS) is 20.7. The fourth-order valence-electron chi connectivity index (χ4n) is 3.54. The summed E-state index contributed by atoms with van der Waals surface area (Å²) in [6, 6.07) is 0. The molecule has 0 aliphatic heterocycles. The molecule has 2 aliphatic carbocycles. The molecule has 0 saturated heterocycles. The van der Waals surface area contributed by atoms with Crippen molar-refractivity contribution in [2.24, 2.45) is 0 Å². The minimum absolute atomic E-state index is 0.0651. The number of carbonyl (C=O) groups is 1. The molecule has 2 N–H and O–H groups in total. The fraction of sp³-hybridized carbons (Fsp3) is 0.733. The van der Waals surface area contributed by atoms with Crippen molar-refractivity contribution in [2.45, 2.75) is 57.0 Å². The number of H-pyrrole nitrogens is 1. The molecule has 0 aromatic carbocycles. The number of hydrogen-bond donors (Lipinski definition) is 2. The first-order valence-corrected chi connectivity index (χ1v) is 7.63. The highest BCUT2D eigenvalue weighted by Crippen LogP contribution is 2.30. The van der Waals surface area contributed by atoms with E-state index < -0.39 is 5.60 Å². The molecule has 2 aliphatic rings. The summed E-state index contributed by atoms with van der Waals surface area (Å²) in [5.41, 5.74) is 2.07. The number of aliphatic hydroxyl groups is 1. The molecule has 5 nitrogen and oxygen atoms in total. The molecule has 0 bridgehead atoms. The van der Waals surface area contributed by atoms with Gasteiger partial charge in [0.25, 0.3) is 5.91 Å². The Morgan fingerprint density at radius 3 is 2.75 bits per heavy atom. The molecule has 5 heteroatoms. The summed E-state index contributed by atoms with van der Waals surface area (Å²) in [6.07, 6.45) is 7.91. The largest absolute Gasteiger partial charge is 0.388 e. The van der Waals surface area contributed by atoms with E-state index in [1.54, 1.807) is 11.9 Å². The minimum atomic E-state index is -0.694. The number of aromatic nitrogens is 2. The number of nitrogens with zero attached hydrogens (tertiary/aromatic N) is 2. The Bertz CT molecular complexity index is 503. The lowest BCUT2D eigenvalue weighted by molar-refractivity contribution is 0.0154. The van der Waals surface area contributed by atoms with Gasteiger partial charge in [0, 0.05) is 24.8 Å². The number of fused-ring (bicyclic) bond motifs is 1. The molecule has 0 radical (unpaired) electrons. The van der Waals surface area contributed by atoms with Crippen LogP contribution in [0, 0.1) is 0 Å². The van der Waals surface area contributed by atoms with Crippen LogP contribution >= 0.6 is 0 Å². The number of aryl methyl sites for hydroxylation is 1. The van der Waals surface area contributed by atoms with Crippen molar-refractivity contribution in [3.63, 3.8) is 0 Å². The molecule has 3 rings (SSSR count). The summed E-state index contributed by atoms with van der Waals surface area (Å²) in [5, 5.41) is 17.6. The number of rotatable bonds is 3. The SMILES string of the molecule is CN(CC1(O)CCCC1)C(=O)c1n[nH]c2c1CCCC2. The van der Waals surface area contributed by atoms with Crippen LogP contribution in [0.3, 0.4) is 0 Å². The minimum Gasteiger partial charge on any atom is -0.388 e. The maximum Gasteiger partial charge on any atom is 0.274 e. The van der Waals surface area contributed by atoms with Crippen molar-refractivity contribution in [1.29, 1.82) is 0 Å². The summed E-state index contributed by atoms with van der Waals surface area (Å²) >= 11 is 0. The summed E-state index contributed by atoms with van der Waals surface area (Å²) < 4.78 is 0. The zero-order valence-corrected chi connectivity index (χ0v) is 12.1. The number of amides is 1. The van der Waals surface area contributed by atoms with Gasteiger partial charge in [-0.15, -0.1) is 0 Å². The highest BCUT2D eigenvalue weighted by Gasteiger charge is 2.34. The topological polar surface area (TPSA) is 69.2 Å². The first kappa shape index (κ1) is 13.6. The molecule has 110 valence electrons. The van der Waals surface area contributed by atoms with Gasteiger partial charge >= 0.3 is 0 Å². The Kier molecular flexibility index (Phi) is 3.54. The lowest BCUT2D eigenvalue weighted by Gasteiger charge is -2.28. The van der Waals surface area contributed by atoms with Crippen LogP contribution in [0.4, 0.5) is 0 Å². The Hall–Kier alpha value is -1.36. The summed E-state index contributed by atoms with van der Waals surface area (Å²) in [5.74, 6) is -0.0651. The van der Waals surface area contributed by atoms with Gasteiger partial charge in [0.2, 0.25) is 0 Å². The average molecular weight is 277 g/mol. The lowest BCUT2D eigenvalue weighted by atomic mass is 9.95. The van der Waals surface area contributed by atoms with Crippen LogP contribution < -0.4 is 0 Å². The van der Waals surface area contributed by atoms with Crippen molar-refractivity contribution >= 4 is 5.91 Å². The van der Waals surface area contributed by atoms with Gasteiger partial charge in [0.05, 0.1) is 5.60 Å². The van der Waals surface area contributed by atoms with Crippen LogP contribution in [0.2, 0.25) is 0 Å². The molecule has 20 heavy (non-hydrogen) atoms. The molecule has 0 unspecified atom stereocenters. The smallest absolute Gasteiger partial charge is 0.274 e. The number of carbonyl (C=O) groups excluding carboxylic acids is 1. The van der Waals surface area contributed by atoms with E-state index in [0.29, 0.717) is 12.2 Å². The van der Waals surface area contributed by atoms with E-state index in [1.807, 2.05) is 0 Å². The monoisotopic (exact) mass is 277 g/mol. The van der Waals surface area contributed by atoms with Crippen molar-refractivity contribution in [2.75, 3.05) is 13.6 Å². The van der Waals surface area contributed by atoms with Gasteiger partial charge in [0.15, 0.2) is 5.69 Å².